The predicted molar refractivity (Wildman–Crippen MR) is 82.2 cm³/mol. The van der Waals surface area contributed by atoms with Crippen LogP contribution < -0.4 is 10.6 Å². The smallest absolute Gasteiger partial charge is 0.244 e. The molecule has 1 aliphatic rings. The van der Waals surface area contributed by atoms with Gasteiger partial charge in [0.05, 0.1) is 17.3 Å². The number of rotatable bonds is 6. The zero-order valence-electron chi connectivity index (χ0n) is 11.6. The Kier molecular flexibility index (Phi) is 4.22. The van der Waals surface area contributed by atoms with E-state index in [1.54, 1.807) is 18.3 Å². The van der Waals surface area contributed by atoms with Crippen LogP contribution in [0.2, 0.25) is 5.02 Å². The highest BCUT2D eigenvalue weighted by molar-refractivity contribution is 6.33. The van der Waals surface area contributed by atoms with Crippen molar-refractivity contribution in [3.05, 3.63) is 47.5 Å². The number of amides is 1. The van der Waals surface area contributed by atoms with Crippen LogP contribution in [0.15, 0.2) is 36.7 Å². The first kappa shape index (κ1) is 14.1. The Bertz CT molecular complexity index is 636. The zero-order chi connectivity index (χ0) is 14.7. The van der Waals surface area contributed by atoms with E-state index >= 15 is 0 Å². The number of halogens is 1. The molecule has 1 heterocycles. The molecule has 0 spiro atoms. The van der Waals surface area contributed by atoms with Crippen LogP contribution in [0, 0.1) is 0 Å². The molecule has 1 aromatic carbocycles. The highest BCUT2D eigenvalue weighted by Crippen LogP contribution is 2.20. The molecule has 6 heteroatoms. The summed E-state index contributed by atoms with van der Waals surface area (Å²) in [7, 11) is 0. The molecule has 21 heavy (non-hydrogen) atoms. The maximum Gasteiger partial charge on any atom is 0.244 e. The molecule has 1 aliphatic carbocycles. The lowest BCUT2D eigenvalue weighted by molar-refractivity contribution is -0.116. The van der Waals surface area contributed by atoms with Gasteiger partial charge in [-0.2, -0.15) is 0 Å². The largest absolute Gasteiger partial charge is 0.324 e. The number of nitrogens with one attached hydrogen (secondary N) is 2. The Labute approximate surface area is 128 Å². The molecule has 3 rings (SSSR count). The van der Waals surface area contributed by atoms with E-state index in [-0.39, 0.29) is 12.5 Å². The van der Waals surface area contributed by atoms with E-state index in [4.69, 9.17) is 11.6 Å². The first-order valence-corrected chi connectivity index (χ1v) is 7.38. The van der Waals surface area contributed by atoms with Crippen molar-refractivity contribution in [2.75, 3.05) is 5.32 Å². The summed E-state index contributed by atoms with van der Waals surface area (Å²) in [4.78, 5) is 16.4. The van der Waals surface area contributed by atoms with Gasteiger partial charge in [-0.25, -0.2) is 4.98 Å². The van der Waals surface area contributed by atoms with Crippen molar-refractivity contribution in [1.82, 2.24) is 14.9 Å². The second-order valence-corrected chi connectivity index (χ2v) is 5.56. The van der Waals surface area contributed by atoms with Gasteiger partial charge in [0.1, 0.15) is 12.4 Å². The zero-order valence-corrected chi connectivity index (χ0v) is 12.3. The molecule has 0 bridgehead atoms. The number of benzene rings is 1. The Morgan fingerprint density at radius 1 is 1.38 bits per heavy atom. The Morgan fingerprint density at radius 3 is 2.95 bits per heavy atom. The second kappa shape index (κ2) is 6.28. The molecule has 110 valence electrons. The number of aromatic nitrogens is 2. The average molecular weight is 305 g/mol. The summed E-state index contributed by atoms with van der Waals surface area (Å²) in [6.45, 7) is 0.921. The van der Waals surface area contributed by atoms with Crippen molar-refractivity contribution in [3.63, 3.8) is 0 Å². The van der Waals surface area contributed by atoms with Gasteiger partial charge >= 0.3 is 0 Å². The first-order valence-electron chi connectivity index (χ1n) is 7.00. The number of nitrogens with zero attached hydrogens (tertiary/aromatic N) is 2. The van der Waals surface area contributed by atoms with Gasteiger partial charge in [-0.05, 0) is 25.0 Å². The Morgan fingerprint density at radius 2 is 2.19 bits per heavy atom. The molecule has 1 amide bonds. The number of hydrogen-bond donors (Lipinski definition) is 2. The SMILES string of the molecule is O=C(Cn1ccnc1CNC1CC1)Nc1ccccc1Cl. The summed E-state index contributed by atoms with van der Waals surface area (Å²) < 4.78 is 1.85. The number of imidazole rings is 1. The van der Waals surface area contributed by atoms with Crippen LogP contribution in [0.4, 0.5) is 5.69 Å². The van der Waals surface area contributed by atoms with Gasteiger partial charge in [0.15, 0.2) is 0 Å². The molecule has 0 saturated heterocycles. The summed E-state index contributed by atoms with van der Waals surface area (Å²) in [6, 6.07) is 7.81. The first-order chi connectivity index (χ1) is 10.2. The molecule has 0 radical (unpaired) electrons. The van der Waals surface area contributed by atoms with Crippen LogP contribution >= 0.6 is 11.6 Å². The highest BCUT2D eigenvalue weighted by Gasteiger charge is 2.21. The second-order valence-electron chi connectivity index (χ2n) is 5.15. The van der Waals surface area contributed by atoms with Gasteiger partial charge in [0.2, 0.25) is 5.91 Å². The summed E-state index contributed by atoms with van der Waals surface area (Å²) in [5, 5.41) is 6.74. The third-order valence-electron chi connectivity index (χ3n) is 3.39. The van der Waals surface area contributed by atoms with Crippen molar-refractivity contribution >= 4 is 23.2 Å². The Hall–Kier alpha value is -1.85. The van der Waals surface area contributed by atoms with E-state index in [9.17, 15) is 4.79 Å². The highest BCUT2D eigenvalue weighted by atomic mass is 35.5. The van der Waals surface area contributed by atoms with Crippen LogP contribution in [-0.4, -0.2) is 21.5 Å². The fourth-order valence-corrected chi connectivity index (χ4v) is 2.26. The standard InChI is InChI=1S/C15H17ClN4O/c16-12-3-1-2-4-13(12)19-15(21)10-20-8-7-17-14(20)9-18-11-5-6-11/h1-4,7-8,11,18H,5-6,9-10H2,(H,19,21). The van der Waals surface area contributed by atoms with E-state index in [0.717, 1.165) is 5.82 Å². The molecule has 1 aromatic heterocycles. The molecule has 0 unspecified atom stereocenters. The quantitative estimate of drug-likeness (QED) is 0.862. The van der Waals surface area contributed by atoms with Crippen molar-refractivity contribution < 1.29 is 4.79 Å². The van der Waals surface area contributed by atoms with Gasteiger partial charge < -0.3 is 15.2 Å². The van der Waals surface area contributed by atoms with E-state index in [1.165, 1.54) is 12.8 Å². The van der Waals surface area contributed by atoms with Gasteiger partial charge in [-0.1, -0.05) is 23.7 Å². The number of carbonyl (C=O) groups is 1. The lowest BCUT2D eigenvalue weighted by atomic mass is 10.3. The average Bonchev–Trinajstić information content (AvgIpc) is 3.20. The van der Waals surface area contributed by atoms with Crippen molar-refractivity contribution in [2.24, 2.45) is 0 Å². The fourth-order valence-electron chi connectivity index (χ4n) is 2.08. The van der Waals surface area contributed by atoms with Crippen molar-refractivity contribution in [3.8, 4) is 0 Å². The lowest BCUT2D eigenvalue weighted by Crippen LogP contribution is -2.23. The van der Waals surface area contributed by atoms with E-state index in [0.29, 0.717) is 23.3 Å². The normalized spacial score (nSPS) is 14.1. The monoisotopic (exact) mass is 304 g/mol. The van der Waals surface area contributed by atoms with Crippen LogP contribution in [0.25, 0.3) is 0 Å². The number of anilines is 1. The Balaban J connectivity index is 1.59. The minimum atomic E-state index is -0.117. The summed E-state index contributed by atoms with van der Waals surface area (Å²) in [5.74, 6) is 0.755. The molecule has 2 aromatic rings. The maximum atomic E-state index is 12.1. The lowest BCUT2D eigenvalue weighted by Gasteiger charge is -2.10. The molecule has 0 aliphatic heterocycles. The minimum absolute atomic E-state index is 0.117. The van der Waals surface area contributed by atoms with Crippen LogP contribution in [-0.2, 0) is 17.9 Å². The van der Waals surface area contributed by atoms with Gasteiger partial charge in [-0.15, -0.1) is 0 Å². The fraction of sp³-hybridized carbons (Fsp3) is 0.333. The molecule has 2 N–H and O–H groups in total. The topological polar surface area (TPSA) is 59.0 Å². The van der Waals surface area contributed by atoms with Crippen LogP contribution in [0.3, 0.4) is 0 Å². The van der Waals surface area contributed by atoms with Gasteiger partial charge in [-0.3, -0.25) is 4.79 Å². The number of hydrogen-bond acceptors (Lipinski definition) is 3. The maximum absolute atomic E-state index is 12.1. The van der Waals surface area contributed by atoms with E-state index in [2.05, 4.69) is 15.6 Å². The molecular weight excluding hydrogens is 288 g/mol. The molecule has 5 nitrogen and oxygen atoms in total. The van der Waals surface area contributed by atoms with E-state index in [1.807, 2.05) is 22.9 Å². The summed E-state index contributed by atoms with van der Waals surface area (Å²) >= 11 is 6.03. The van der Waals surface area contributed by atoms with Crippen LogP contribution in [0.5, 0.6) is 0 Å². The van der Waals surface area contributed by atoms with Gasteiger partial charge in [0.25, 0.3) is 0 Å². The molecule has 1 fully saturated rings. The number of carbonyl (C=O) groups excluding carboxylic acids is 1. The van der Waals surface area contributed by atoms with Crippen molar-refractivity contribution in [2.45, 2.75) is 32.0 Å². The molecule has 1 saturated carbocycles. The summed E-state index contributed by atoms with van der Waals surface area (Å²) in [5.41, 5.74) is 0.627. The predicted octanol–water partition coefficient (Wildman–Crippen LogP) is 2.43. The van der Waals surface area contributed by atoms with E-state index < -0.39 is 0 Å². The van der Waals surface area contributed by atoms with Crippen molar-refractivity contribution in [1.29, 1.82) is 0 Å². The third kappa shape index (κ3) is 3.83. The minimum Gasteiger partial charge on any atom is -0.324 e. The third-order valence-corrected chi connectivity index (χ3v) is 3.72. The van der Waals surface area contributed by atoms with Crippen LogP contribution in [0.1, 0.15) is 18.7 Å². The number of para-hydroxylation sites is 1. The summed E-state index contributed by atoms with van der Waals surface area (Å²) in [6.07, 6.45) is 5.99. The molecule has 0 atom stereocenters. The molecular formula is C15H17ClN4O. The van der Waals surface area contributed by atoms with Gasteiger partial charge in [0, 0.05) is 18.4 Å².